The first kappa shape index (κ1) is 11.0. The van der Waals surface area contributed by atoms with Crippen molar-refractivity contribution in [2.75, 3.05) is 0 Å². The molecule has 0 spiro atoms. The molecule has 0 amide bonds. The Hall–Kier alpha value is -1.06. The van der Waals surface area contributed by atoms with Crippen LogP contribution in [0.5, 0.6) is 0 Å². The molecular formula is C10H11F3N. The summed E-state index contributed by atoms with van der Waals surface area (Å²) < 4.78 is 37.6. The van der Waals surface area contributed by atoms with Crippen LogP contribution in [0, 0.1) is 6.92 Å². The summed E-state index contributed by atoms with van der Waals surface area (Å²) in [6, 6.07) is 0.981. The lowest BCUT2D eigenvalue weighted by Gasteiger charge is -2.15. The molecule has 1 aromatic heterocycles. The SMILES string of the molecule is [CH2]c1cc(C(F)(F)F)c(C(C)C)cn1. The fraction of sp³-hybridized carbons (Fsp3) is 0.400. The fourth-order valence-electron chi connectivity index (χ4n) is 1.21. The van der Waals surface area contributed by atoms with Crippen molar-refractivity contribution in [2.24, 2.45) is 0 Å². The second-order valence-corrected chi connectivity index (χ2v) is 3.42. The summed E-state index contributed by atoms with van der Waals surface area (Å²) >= 11 is 0. The van der Waals surface area contributed by atoms with Crippen molar-refractivity contribution in [1.82, 2.24) is 4.98 Å². The highest BCUT2D eigenvalue weighted by Gasteiger charge is 2.34. The van der Waals surface area contributed by atoms with Gasteiger partial charge in [0.05, 0.1) is 5.56 Å². The Morgan fingerprint density at radius 3 is 2.36 bits per heavy atom. The van der Waals surface area contributed by atoms with E-state index in [1.54, 1.807) is 13.8 Å². The van der Waals surface area contributed by atoms with Gasteiger partial charge in [0.2, 0.25) is 0 Å². The molecule has 0 aliphatic carbocycles. The maximum absolute atomic E-state index is 12.5. The summed E-state index contributed by atoms with van der Waals surface area (Å²) in [5.41, 5.74) is -0.279. The van der Waals surface area contributed by atoms with Gasteiger partial charge in [-0.05, 0) is 24.5 Å². The molecule has 0 fully saturated rings. The minimum Gasteiger partial charge on any atom is -0.261 e. The van der Waals surface area contributed by atoms with Gasteiger partial charge in [-0.3, -0.25) is 4.98 Å². The number of rotatable bonds is 1. The van der Waals surface area contributed by atoms with E-state index in [9.17, 15) is 13.2 Å². The second-order valence-electron chi connectivity index (χ2n) is 3.42. The lowest BCUT2D eigenvalue weighted by molar-refractivity contribution is -0.138. The van der Waals surface area contributed by atoms with Gasteiger partial charge in [-0.1, -0.05) is 13.8 Å². The van der Waals surface area contributed by atoms with Crippen LogP contribution < -0.4 is 0 Å². The summed E-state index contributed by atoms with van der Waals surface area (Å²) in [5, 5.41) is 0. The lowest BCUT2D eigenvalue weighted by Crippen LogP contribution is -2.11. The molecule has 77 valence electrons. The van der Waals surface area contributed by atoms with E-state index in [1.807, 2.05) is 0 Å². The van der Waals surface area contributed by atoms with Crippen molar-refractivity contribution in [2.45, 2.75) is 25.9 Å². The number of aromatic nitrogens is 1. The number of pyridine rings is 1. The smallest absolute Gasteiger partial charge is 0.261 e. The molecule has 1 nitrogen and oxygen atoms in total. The molecule has 1 radical (unpaired) electrons. The normalized spacial score (nSPS) is 12.2. The van der Waals surface area contributed by atoms with E-state index >= 15 is 0 Å². The molecular weight excluding hydrogens is 191 g/mol. The van der Waals surface area contributed by atoms with Gasteiger partial charge in [0, 0.05) is 11.9 Å². The van der Waals surface area contributed by atoms with Gasteiger partial charge < -0.3 is 0 Å². The zero-order chi connectivity index (χ0) is 10.9. The molecule has 1 heterocycles. The van der Waals surface area contributed by atoms with Crippen LogP contribution in [0.15, 0.2) is 12.3 Å². The summed E-state index contributed by atoms with van der Waals surface area (Å²) in [6.45, 7) is 6.79. The summed E-state index contributed by atoms with van der Waals surface area (Å²) in [6.07, 6.45) is -3.08. The largest absolute Gasteiger partial charge is 0.416 e. The first-order valence-electron chi connectivity index (χ1n) is 4.21. The zero-order valence-corrected chi connectivity index (χ0v) is 8.02. The summed E-state index contributed by atoms with van der Waals surface area (Å²) in [7, 11) is 0. The Morgan fingerprint density at radius 1 is 1.36 bits per heavy atom. The quantitative estimate of drug-likeness (QED) is 0.680. The Bertz CT molecular complexity index is 329. The lowest BCUT2D eigenvalue weighted by atomic mass is 9.98. The van der Waals surface area contributed by atoms with Crippen LogP contribution in [-0.2, 0) is 6.18 Å². The molecule has 0 aliphatic heterocycles. The van der Waals surface area contributed by atoms with E-state index in [4.69, 9.17) is 0 Å². The molecule has 0 saturated carbocycles. The second kappa shape index (κ2) is 3.59. The third kappa shape index (κ3) is 2.25. The van der Waals surface area contributed by atoms with Crippen molar-refractivity contribution >= 4 is 0 Å². The van der Waals surface area contributed by atoms with Crippen molar-refractivity contribution in [3.63, 3.8) is 0 Å². The highest BCUT2D eigenvalue weighted by atomic mass is 19.4. The van der Waals surface area contributed by atoms with E-state index < -0.39 is 11.7 Å². The third-order valence-electron chi connectivity index (χ3n) is 1.92. The highest BCUT2D eigenvalue weighted by molar-refractivity contribution is 5.32. The first-order valence-corrected chi connectivity index (χ1v) is 4.21. The first-order chi connectivity index (χ1) is 6.32. The molecule has 0 aromatic carbocycles. The fourth-order valence-corrected chi connectivity index (χ4v) is 1.21. The van der Waals surface area contributed by atoms with Crippen molar-refractivity contribution in [3.05, 3.63) is 36.0 Å². The Balaban J connectivity index is 3.30. The standard InChI is InChI=1S/C10H11F3N/c1-6(2)8-5-14-7(3)4-9(8)10(11,12)13/h4-6H,3H2,1-2H3. The van der Waals surface area contributed by atoms with Crippen molar-refractivity contribution < 1.29 is 13.2 Å². The minimum atomic E-state index is -4.32. The number of halogens is 3. The minimum absolute atomic E-state index is 0.140. The van der Waals surface area contributed by atoms with E-state index in [0.717, 1.165) is 6.07 Å². The highest BCUT2D eigenvalue weighted by Crippen LogP contribution is 2.34. The van der Waals surface area contributed by atoms with Gasteiger partial charge in [-0.25, -0.2) is 0 Å². The number of nitrogens with zero attached hydrogens (tertiary/aromatic N) is 1. The predicted molar refractivity (Wildman–Crippen MR) is 47.8 cm³/mol. The Kier molecular flexibility index (Phi) is 2.83. The van der Waals surface area contributed by atoms with Gasteiger partial charge >= 0.3 is 6.18 Å². The third-order valence-corrected chi connectivity index (χ3v) is 1.92. The van der Waals surface area contributed by atoms with Crippen LogP contribution in [0.3, 0.4) is 0 Å². The predicted octanol–water partition coefficient (Wildman–Crippen LogP) is 3.41. The molecule has 0 bridgehead atoms. The van der Waals surface area contributed by atoms with E-state index in [2.05, 4.69) is 11.9 Å². The van der Waals surface area contributed by atoms with E-state index in [-0.39, 0.29) is 17.2 Å². The van der Waals surface area contributed by atoms with Crippen LogP contribution in [0.2, 0.25) is 0 Å². The van der Waals surface area contributed by atoms with Crippen LogP contribution in [0.1, 0.15) is 36.6 Å². The van der Waals surface area contributed by atoms with Crippen LogP contribution in [0.25, 0.3) is 0 Å². The number of alkyl halides is 3. The molecule has 4 heteroatoms. The van der Waals surface area contributed by atoms with Crippen molar-refractivity contribution in [1.29, 1.82) is 0 Å². The Morgan fingerprint density at radius 2 is 1.93 bits per heavy atom. The summed E-state index contributed by atoms with van der Waals surface area (Å²) in [5.74, 6) is -0.195. The molecule has 0 saturated heterocycles. The van der Waals surface area contributed by atoms with Crippen LogP contribution in [-0.4, -0.2) is 4.98 Å². The van der Waals surface area contributed by atoms with Gasteiger partial charge in [0.15, 0.2) is 0 Å². The molecule has 0 atom stereocenters. The van der Waals surface area contributed by atoms with Gasteiger partial charge in [0.25, 0.3) is 0 Å². The Labute approximate surface area is 81.0 Å². The zero-order valence-electron chi connectivity index (χ0n) is 8.02. The van der Waals surface area contributed by atoms with Gasteiger partial charge in [0.1, 0.15) is 0 Å². The van der Waals surface area contributed by atoms with Gasteiger partial charge in [-0.15, -0.1) is 0 Å². The van der Waals surface area contributed by atoms with E-state index in [0.29, 0.717) is 0 Å². The van der Waals surface area contributed by atoms with Gasteiger partial charge in [-0.2, -0.15) is 13.2 Å². The summed E-state index contributed by atoms with van der Waals surface area (Å²) in [4.78, 5) is 3.76. The molecule has 1 rings (SSSR count). The number of hydrogen-bond acceptors (Lipinski definition) is 1. The number of hydrogen-bond donors (Lipinski definition) is 0. The maximum atomic E-state index is 12.5. The van der Waals surface area contributed by atoms with Crippen molar-refractivity contribution in [3.8, 4) is 0 Å². The average molecular weight is 202 g/mol. The molecule has 14 heavy (non-hydrogen) atoms. The van der Waals surface area contributed by atoms with E-state index in [1.165, 1.54) is 6.20 Å². The maximum Gasteiger partial charge on any atom is 0.416 e. The average Bonchev–Trinajstić information content (AvgIpc) is 2.01. The van der Waals surface area contributed by atoms with Crippen LogP contribution in [0.4, 0.5) is 13.2 Å². The topological polar surface area (TPSA) is 12.9 Å². The molecule has 0 N–H and O–H groups in total. The monoisotopic (exact) mass is 202 g/mol. The van der Waals surface area contributed by atoms with Crippen LogP contribution >= 0.6 is 0 Å². The molecule has 0 unspecified atom stereocenters. The molecule has 1 aromatic rings. The molecule has 0 aliphatic rings.